The topological polar surface area (TPSA) is 18.5 Å². The van der Waals surface area contributed by atoms with Crippen molar-refractivity contribution < 1.29 is 9.05 Å². The average Bonchev–Trinajstić information content (AvgIpc) is 2.19. The van der Waals surface area contributed by atoms with Gasteiger partial charge in [0.2, 0.25) is 6.49 Å². The van der Waals surface area contributed by atoms with Gasteiger partial charge in [0.05, 0.1) is 6.61 Å². The van der Waals surface area contributed by atoms with Gasteiger partial charge >= 0.3 is 0 Å². The molecule has 4 heteroatoms. The lowest BCUT2D eigenvalue weighted by molar-refractivity contribution is 0.304. The minimum absolute atomic E-state index is 0.583. The van der Waals surface area contributed by atoms with E-state index in [0.29, 0.717) is 6.61 Å². The maximum absolute atomic E-state index is 5.47. The van der Waals surface area contributed by atoms with Crippen LogP contribution in [0, 0.1) is 0 Å². The van der Waals surface area contributed by atoms with E-state index in [1.54, 1.807) is 7.11 Å². The molecular formula is C9H13O2PS. The molecule has 0 amide bonds. The second-order valence-corrected chi connectivity index (χ2v) is 6.01. The van der Waals surface area contributed by atoms with Crippen LogP contribution in [-0.2, 0) is 20.9 Å². The largest absolute Gasteiger partial charge is 0.329 e. The zero-order valence-electron chi connectivity index (χ0n) is 7.77. The van der Waals surface area contributed by atoms with Crippen LogP contribution in [0.4, 0.5) is 0 Å². The average molecular weight is 216 g/mol. The highest BCUT2D eigenvalue weighted by molar-refractivity contribution is 8.13. The van der Waals surface area contributed by atoms with Gasteiger partial charge in [-0.2, -0.15) is 0 Å². The van der Waals surface area contributed by atoms with Crippen LogP contribution in [0.2, 0.25) is 0 Å². The maximum Gasteiger partial charge on any atom is 0.219 e. The van der Waals surface area contributed by atoms with Crippen LogP contribution in [-0.4, -0.2) is 13.7 Å². The Balaban J connectivity index is 2.96. The van der Waals surface area contributed by atoms with Gasteiger partial charge in [-0.3, -0.25) is 0 Å². The number of hydrogen-bond donors (Lipinski definition) is 0. The van der Waals surface area contributed by atoms with E-state index in [1.807, 2.05) is 37.3 Å². The van der Waals surface area contributed by atoms with Crippen LogP contribution in [0.15, 0.2) is 30.3 Å². The molecular weight excluding hydrogens is 203 g/mol. The van der Waals surface area contributed by atoms with E-state index in [2.05, 4.69) is 0 Å². The van der Waals surface area contributed by atoms with Crippen LogP contribution in [0.5, 0.6) is 0 Å². The first kappa shape index (κ1) is 10.9. The Morgan fingerprint density at radius 2 is 1.92 bits per heavy atom. The fourth-order valence-electron chi connectivity index (χ4n) is 1.01. The Hall–Kier alpha value is -0.210. The summed E-state index contributed by atoms with van der Waals surface area (Å²) in [7, 11) is 1.60. The van der Waals surface area contributed by atoms with Gasteiger partial charge in [0, 0.05) is 12.4 Å². The summed E-state index contributed by atoms with van der Waals surface area (Å²) < 4.78 is 10.7. The first-order valence-corrected chi connectivity index (χ1v) is 6.72. The van der Waals surface area contributed by atoms with Gasteiger partial charge in [-0.15, -0.1) is 0 Å². The molecule has 2 nitrogen and oxygen atoms in total. The molecule has 1 rings (SSSR count). The van der Waals surface area contributed by atoms with Gasteiger partial charge in [-0.25, -0.2) is 0 Å². The lowest BCUT2D eigenvalue weighted by Gasteiger charge is -2.19. The first-order chi connectivity index (χ1) is 6.23. The van der Waals surface area contributed by atoms with E-state index in [0.717, 1.165) is 5.30 Å². The molecule has 72 valence electrons. The molecule has 0 aliphatic heterocycles. The second-order valence-electron chi connectivity index (χ2n) is 2.43. The molecule has 0 heterocycles. The third-order valence-electron chi connectivity index (χ3n) is 1.61. The number of rotatable bonds is 4. The first-order valence-electron chi connectivity index (χ1n) is 4.09. The van der Waals surface area contributed by atoms with Crippen LogP contribution in [0.1, 0.15) is 6.92 Å². The van der Waals surface area contributed by atoms with E-state index in [1.165, 1.54) is 0 Å². The summed E-state index contributed by atoms with van der Waals surface area (Å²) in [5, 5.41) is 0.967. The van der Waals surface area contributed by atoms with Crippen LogP contribution in [0.3, 0.4) is 0 Å². The van der Waals surface area contributed by atoms with Gasteiger partial charge in [0.1, 0.15) is 0 Å². The maximum atomic E-state index is 5.47. The molecule has 1 atom stereocenters. The van der Waals surface area contributed by atoms with Crippen molar-refractivity contribution in [2.24, 2.45) is 0 Å². The summed E-state index contributed by atoms with van der Waals surface area (Å²) >= 11 is 5.34. The quantitative estimate of drug-likeness (QED) is 0.719. The fourth-order valence-corrected chi connectivity index (χ4v) is 3.04. The van der Waals surface area contributed by atoms with Crippen LogP contribution < -0.4 is 5.30 Å². The van der Waals surface area contributed by atoms with E-state index >= 15 is 0 Å². The highest BCUT2D eigenvalue weighted by Gasteiger charge is 2.18. The molecule has 0 radical (unpaired) electrons. The molecule has 0 saturated heterocycles. The summed E-state index contributed by atoms with van der Waals surface area (Å²) in [5.41, 5.74) is 0. The molecule has 1 aromatic rings. The van der Waals surface area contributed by atoms with Crippen molar-refractivity contribution in [1.82, 2.24) is 0 Å². The molecule has 1 aromatic carbocycles. The Morgan fingerprint density at radius 1 is 1.31 bits per heavy atom. The third kappa shape index (κ3) is 2.61. The summed E-state index contributed by atoms with van der Waals surface area (Å²) in [6.07, 6.45) is 0. The highest BCUT2D eigenvalue weighted by atomic mass is 32.5. The summed E-state index contributed by atoms with van der Waals surface area (Å²) in [6, 6.07) is 9.72. The monoisotopic (exact) mass is 216 g/mol. The van der Waals surface area contributed by atoms with Crippen molar-refractivity contribution in [1.29, 1.82) is 0 Å². The van der Waals surface area contributed by atoms with Crippen molar-refractivity contribution >= 4 is 23.6 Å². The smallest absolute Gasteiger partial charge is 0.219 e. The fraction of sp³-hybridized carbons (Fsp3) is 0.333. The summed E-state index contributed by atoms with van der Waals surface area (Å²) in [4.78, 5) is 0. The zero-order chi connectivity index (χ0) is 9.73. The second kappa shape index (κ2) is 4.87. The Morgan fingerprint density at radius 3 is 2.38 bits per heavy atom. The third-order valence-corrected chi connectivity index (χ3v) is 5.02. The standard InChI is InChI=1S/C9H13O2PS/c1-3-11-12(13,10-2)9-7-5-4-6-8-9/h4-8H,3H2,1-2H3. The van der Waals surface area contributed by atoms with Crippen molar-refractivity contribution in [3.05, 3.63) is 30.3 Å². The van der Waals surface area contributed by atoms with Gasteiger partial charge in [-0.05, 0) is 30.9 Å². The normalized spacial score (nSPS) is 15.2. The van der Waals surface area contributed by atoms with Crippen molar-refractivity contribution in [2.45, 2.75) is 6.92 Å². The molecule has 0 N–H and O–H groups in total. The lowest BCUT2D eigenvalue weighted by atomic mass is 10.4. The molecule has 0 aliphatic carbocycles. The lowest BCUT2D eigenvalue weighted by Crippen LogP contribution is -2.07. The van der Waals surface area contributed by atoms with E-state index in [4.69, 9.17) is 20.9 Å². The minimum Gasteiger partial charge on any atom is -0.329 e. The van der Waals surface area contributed by atoms with Gasteiger partial charge in [0.15, 0.2) is 0 Å². The van der Waals surface area contributed by atoms with Crippen molar-refractivity contribution in [3.8, 4) is 0 Å². The molecule has 1 unspecified atom stereocenters. The summed E-state index contributed by atoms with van der Waals surface area (Å²) in [5.74, 6) is 0. The zero-order valence-corrected chi connectivity index (χ0v) is 9.48. The van der Waals surface area contributed by atoms with Crippen molar-refractivity contribution in [3.63, 3.8) is 0 Å². The van der Waals surface area contributed by atoms with Gasteiger partial charge < -0.3 is 9.05 Å². The van der Waals surface area contributed by atoms with Crippen LogP contribution in [0.25, 0.3) is 0 Å². The molecule has 0 aromatic heterocycles. The van der Waals surface area contributed by atoms with E-state index in [9.17, 15) is 0 Å². The van der Waals surface area contributed by atoms with Crippen molar-refractivity contribution in [2.75, 3.05) is 13.7 Å². The van der Waals surface area contributed by atoms with Gasteiger partial charge in [-0.1, -0.05) is 18.2 Å². The molecule has 0 fully saturated rings. The SMILES string of the molecule is CCOP(=S)(OC)c1ccccc1. The number of benzene rings is 1. The molecule has 0 bridgehead atoms. The Kier molecular flexibility index (Phi) is 4.07. The summed E-state index contributed by atoms with van der Waals surface area (Å²) in [6.45, 7) is 0.284. The van der Waals surface area contributed by atoms with Gasteiger partial charge in [0.25, 0.3) is 0 Å². The molecule has 0 saturated carbocycles. The Labute approximate surface area is 84.0 Å². The Bertz CT molecular complexity index is 300. The predicted molar refractivity (Wildman–Crippen MR) is 59.0 cm³/mol. The molecule has 0 spiro atoms. The van der Waals surface area contributed by atoms with E-state index < -0.39 is 6.49 Å². The van der Waals surface area contributed by atoms with Crippen LogP contribution >= 0.6 is 6.49 Å². The minimum atomic E-state index is -2.22. The van der Waals surface area contributed by atoms with E-state index in [-0.39, 0.29) is 0 Å². The molecule has 0 aliphatic rings. The highest BCUT2D eigenvalue weighted by Crippen LogP contribution is 2.46. The predicted octanol–water partition coefficient (Wildman–Crippen LogP) is 2.30. The number of hydrogen-bond acceptors (Lipinski definition) is 3. The molecule has 13 heavy (non-hydrogen) atoms.